The molecule has 1 aromatic carbocycles. The predicted molar refractivity (Wildman–Crippen MR) is 68.3 cm³/mol. The van der Waals surface area contributed by atoms with Gasteiger partial charge in [-0.1, -0.05) is 13.8 Å². The highest BCUT2D eigenvalue weighted by Gasteiger charge is 2.23. The molecule has 0 aliphatic heterocycles. The van der Waals surface area contributed by atoms with Crippen molar-refractivity contribution >= 4 is 0 Å². The lowest BCUT2D eigenvalue weighted by Gasteiger charge is -2.24. The normalized spacial score (nSPS) is 14.8. The summed E-state index contributed by atoms with van der Waals surface area (Å²) in [4.78, 5) is 0. The number of nitrogens with one attached hydrogen (secondary N) is 1. The number of halogens is 2. The van der Waals surface area contributed by atoms with Crippen LogP contribution in [0.5, 0.6) is 0 Å². The first-order chi connectivity index (χ1) is 8.31. The Labute approximate surface area is 107 Å². The molecule has 0 heterocycles. The van der Waals surface area contributed by atoms with Gasteiger partial charge >= 0.3 is 0 Å². The second-order valence-electron chi connectivity index (χ2n) is 5.28. The van der Waals surface area contributed by atoms with E-state index in [1.165, 1.54) is 12.1 Å². The number of hydrogen-bond donors (Lipinski definition) is 2. The smallest absolute Gasteiger partial charge is 0.126 e. The molecule has 1 aromatic rings. The van der Waals surface area contributed by atoms with Crippen LogP contribution in [-0.4, -0.2) is 18.2 Å². The molecule has 0 saturated carbocycles. The average Bonchev–Trinajstić information content (AvgIpc) is 2.23. The fraction of sp³-hybridized carbons (Fsp3) is 0.571. The molecule has 0 aliphatic carbocycles. The molecule has 0 saturated heterocycles. The molecule has 4 heteroatoms. The summed E-state index contributed by atoms with van der Waals surface area (Å²) in [6.45, 7) is 7.20. The molecule has 1 rings (SSSR count). The van der Waals surface area contributed by atoms with Crippen LogP contribution >= 0.6 is 0 Å². The lowest BCUT2D eigenvalue weighted by Crippen LogP contribution is -2.29. The minimum Gasteiger partial charge on any atom is -0.385 e. The second kappa shape index (κ2) is 6.25. The Morgan fingerprint density at radius 3 is 2.28 bits per heavy atom. The van der Waals surface area contributed by atoms with Crippen molar-refractivity contribution in [3.05, 3.63) is 35.4 Å². The van der Waals surface area contributed by atoms with Crippen molar-refractivity contribution in [2.75, 3.05) is 13.1 Å². The molecule has 1 unspecified atom stereocenters. The summed E-state index contributed by atoms with van der Waals surface area (Å²) in [5, 5.41) is 13.4. The number of aliphatic hydroxyl groups is 1. The van der Waals surface area contributed by atoms with Crippen molar-refractivity contribution in [1.82, 2.24) is 5.32 Å². The van der Waals surface area contributed by atoms with Gasteiger partial charge in [-0.3, -0.25) is 0 Å². The summed E-state index contributed by atoms with van der Waals surface area (Å²) in [7, 11) is 0. The molecule has 2 N–H and O–H groups in total. The standard InChI is InChI=1S/C14H21F2NO/c1-10(2)9-17-5-4-14(3,18)11-6-12(15)8-13(16)7-11/h6-8,10,17-18H,4-5,9H2,1-3H3. The van der Waals surface area contributed by atoms with Crippen LogP contribution in [0.15, 0.2) is 18.2 Å². The van der Waals surface area contributed by atoms with Crippen LogP contribution in [0.1, 0.15) is 32.8 Å². The summed E-state index contributed by atoms with van der Waals surface area (Å²) >= 11 is 0. The average molecular weight is 257 g/mol. The molecular weight excluding hydrogens is 236 g/mol. The van der Waals surface area contributed by atoms with E-state index in [1.807, 2.05) is 0 Å². The van der Waals surface area contributed by atoms with Crippen molar-refractivity contribution in [3.63, 3.8) is 0 Å². The molecule has 0 fully saturated rings. The van der Waals surface area contributed by atoms with E-state index in [1.54, 1.807) is 6.92 Å². The van der Waals surface area contributed by atoms with E-state index in [4.69, 9.17) is 0 Å². The van der Waals surface area contributed by atoms with E-state index in [2.05, 4.69) is 19.2 Å². The monoisotopic (exact) mass is 257 g/mol. The fourth-order valence-corrected chi connectivity index (χ4v) is 1.73. The maximum Gasteiger partial charge on any atom is 0.126 e. The highest BCUT2D eigenvalue weighted by Crippen LogP contribution is 2.25. The summed E-state index contributed by atoms with van der Waals surface area (Å²) in [5.74, 6) is -0.803. The molecule has 18 heavy (non-hydrogen) atoms. The third-order valence-electron chi connectivity index (χ3n) is 2.83. The number of rotatable bonds is 6. The fourth-order valence-electron chi connectivity index (χ4n) is 1.73. The minimum absolute atomic E-state index is 0.270. The van der Waals surface area contributed by atoms with E-state index < -0.39 is 17.2 Å². The molecule has 0 bridgehead atoms. The zero-order chi connectivity index (χ0) is 13.8. The van der Waals surface area contributed by atoms with Crippen molar-refractivity contribution in [1.29, 1.82) is 0 Å². The van der Waals surface area contributed by atoms with Crippen LogP contribution < -0.4 is 5.32 Å². The Kier molecular flexibility index (Phi) is 5.23. The third-order valence-corrected chi connectivity index (χ3v) is 2.83. The molecule has 0 aliphatic rings. The Balaban J connectivity index is 2.61. The van der Waals surface area contributed by atoms with E-state index in [-0.39, 0.29) is 5.56 Å². The van der Waals surface area contributed by atoms with Gasteiger partial charge < -0.3 is 10.4 Å². The molecule has 0 amide bonds. The lowest BCUT2D eigenvalue weighted by atomic mass is 9.92. The van der Waals surface area contributed by atoms with Crippen molar-refractivity contribution < 1.29 is 13.9 Å². The van der Waals surface area contributed by atoms with Gasteiger partial charge in [0.1, 0.15) is 11.6 Å². The maximum atomic E-state index is 13.1. The zero-order valence-corrected chi connectivity index (χ0v) is 11.1. The minimum atomic E-state index is -1.23. The highest BCUT2D eigenvalue weighted by atomic mass is 19.1. The van der Waals surface area contributed by atoms with Gasteiger partial charge in [0, 0.05) is 6.07 Å². The molecule has 0 aromatic heterocycles. The van der Waals surface area contributed by atoms with Crippen molar-refractivity contribution in [2.24, 2.45) is 5.92 Å². The van der Waals surface area contributed by atoms with Gasteiger partial charge in [0.2, 0.25) is 0 Å². The van der Waals surface area contributed by atoms with Crippen LogP contribution in [-0.2, 0) is 5.60 Å². The van der Waals surface area contributed by atoms with Gasteiger partial charge in [-0.25, -0.2) is 8.78 Å². The Morgan fingerprint density at radius 2 is 1.78 bits per heavy atom. The van der Waals surface area contributed by atoms with Crippen LogP contribution in [0.4, 0.5) is 8.78 Å². The highest BCUT2D eigenvalue weighted by molar-refractivity contribution is 5.23. The Hall–Kier alpha value is -1.00. The van der Waals surface area contributed by atoms with Crippen molar-refractivity contribution in [3.8, 4) is 0 Å². The quantitative estimate of drug-likeness (QED) is 0.768. The molecule has 1 atom stereocenters. The molecule has 0 spiro atoms. The first-order valence-corrected chi connectivity index (χ1v) is 6.21. The molecular formula is C14H21F2NO. The van der Waals surface area contributed by atoms with Crippen LogP contribution in [0.3, 0.4) is 0 Å². The lowest BCUT2D eigenvalue weighted by molar-refractivity contribution is 0.0472. The van der Waals surface area contributed by atoms with Crippen molar-refractivity contribution in [2.45, 2.75) is 32.8 Å². The van der Waals surface area contributed by atoms with Gasteiger partial charge in [0.05, 0.1) is 5.60 Å². The largest absolute Gasteiger partial charge is 0.385 e. The summed E-state index contributed by atoms with van der Waals surface area (Å²) in [6.07, 6.45) is 0.405. The second-order valence-corrected chi connectivity index (χ2v) is 5.28. The summed E-state index contributed by atoms with van der Waals surface area (Å²) in [6, 6.07) is 3.15. The topological polar surface area (TPSA) is 32.3 Å². The first-order valence-electron chi connectivity index (χ1n) is 6.21. The Bertz CT molecular complexity index is 371. The molecule has 0 radical (unpaired) electrons. The van der Waals surface area contributed by atoms with E-state index >= 15 is 0 Å². The number of benzene rings is 1. The maximum absolute atomic E-state index is 13.1. The van der Waals surface area contributed by atoms with Gasteiger partial charge in [0.15, 0.2) is 0 Å². The summed E-state index contributed by atoms with van der Waals surface area (Å²) in [5.41, 5.74) is -0.959. The summed E-state index contributed by atoms with van der Waals surface area (Å²) < 4.78 is 26.2. The van der Waals surface area contributed by atoms with Gasteiger partial charge in [-0.05, 0) is 50.0 Å². The zero-order valence-electron chi connectivity index (χ0n) is 11.1. The Morgan fingerprint density at radius 1 is 1.22 bits per heavy atom. The van der Waals surface area contributed by atoms with Crippen LogP contribution in [0.2, 0.25) is 0 Å². The van der Waals surface area contributed by atoms with E-state index in [0.29, 0.717) is 18.9 Å². The van der Waals surface area contributed by atoms with Gasteiger partial charge in [0.25, 0.3) is 0 Å². The van der Waals surface area contributed by atoms with Gasteiger partial charge in [-0.15, -0.1) is 0 Å². The van der Waals surface area contributed by atoms with Crippen LogP contribution in [0, 0.1) is 17.6 Å². The van der Waals surface area contributed by atoms with Gasteiger partial charge in [-0.2, -0.15) is 0 Å². The SMILES string of the molecule is CC(C)CNCCC(C)(O)c1cc(F)cc(F)c1. The van der Waals surface area contributed by atoms with Crippen LogP contribution in [0.25, 0.3) is 0 Å². The molecule has 102 valence electrons. The molecule has 2 nitrogen and oxygen atoms in total. The first kappa shape index (κ1) is 15.1. The number of hydrogen-bond acceptors (Lipinski definition) is 2. The van der Waals surface area contributed by atoms with E-state index in [0.717, 1.165) is 12.6 Å². The van der Waals surface area contributed by atoms with E-state index in [9.17, 15) is 13.9 Å². The predicted octanol–water partition coefficient (Wildman–Crippen LogP) is 2.81. The third kappa shape index (κ3) is 4.70.